The van der Waals surface area contributed by atoms with Crippen molar-refractivity contribution in [3.05, 3.63) is 69.8 Å². The Balaban J connectivity index is 1.72. The molecule has 0 bridgehead atoms. The second-order valence-corrected chi connectivity index (χ2v) is 5.92. The van der Waals surface area contributed by atoms with Gasteiger partial charge in [-0.05, 0) is 37.3 Å². The minimum absolute atomic E-state index is 0.205. The molecule has 22 heavy (non-hydrogen) atoms. The van der Waals surface area contributed by atoms with Crippen LogP contribution in [0.15, 0.2) is 48.5 Å². The Bertz CT molecular complexity index is 659. The third-order valence-electron chi connectivity index (χ3n) is 4.46. The molecule has 0 radical (unpaired) electrons. The molecule has 4 heteroatoms. The molecule has 1 fully saturated rings. The Morgan fingerprint density at radius 3 is 2.32 bits per heavy atom. The Kier molecular flexibility index (Phi) is 4.09. The van der Waals surface area contributed by atoms with Gasteiger partial charge in [-0.25, -0.2) is 0 Å². The first-order chi connectivity index (χ1) is 10.6. The molecule has 0 unspecified atom stereocenters. The molecule has 0 spiro atoms. The van der Waals surface area contributed by atoms with E-state index in [0.29, 0.717) is 5.92 Å². The van der Waals surface area contributed by atoms with Crippen molar-refractivity contribution in [1.29, 1.82) is 0 Å². The maximum absolute atomic E-state index is 11.2. The molecule has 1 saturated heterocycles. The van der Waals surface area contributed by atoms with Crippen LogP contribution in [0.5, 0.6) is 0 Å². The van der Waals surface area contributed by atoms with Gasteiger partial charge >= 0.3 is 0 Å². The smallest absolute Gasteiger partial charge is 0.292 e. The van der Waals surface area contributed by atoms with E-state index in [1.807, 2.05) is 12.1 Å². The fraction of sp³-hybridized carbons (Fsp3) is 0.333. The Morgan fingerprint density at radius 2 is 1.68 bits per heavy atom. The summed E-state index contributed by atoms with van der Waals surface area (Å²) < 4.78 is 0. The van der Waals surface area contributed by atoms with Crippen molar-refractivity contribution in [3.8, 4) is 0 Å². The van der Waals surface area contributed by atoms with Gasteiger partial charge in [0.1, 0.15) is 5.69 Å². The Labute approximate surface area is 130 Å². The Hall–Kier alpha value is -2.36. The highest BCUT2D eigenvalue weighted by molar-refractivity contribution is 5.63. The second kappa shape index (κ2) is 6.18. The molecule has 0 amide bonds. The molecule has 4 nitrogen and oxygen atoms in total. The number of anilines is 1. The molecule has 114 valence electrons. The van der Waals surface area contributed by atoms with Gasteiger partial charge in [-0.2, -0.15) is 0 Å². The largest absolute Gasteiger partial charge is 0.366 e. The van der Waals surface area contributed by atoms with Gasteiger partial charge in [0, 0.05) is 19.2 Å². The maximum Gasteiger partial charge on any atom is 0.292 e. The van der Waals surface area contributed by atoms with Crippen LogP contribution in [-0.2, 0) is 0 Å². The van der Waals surface area contributed by atoms with Crippen LogP contribution in [0.4, 0.5) is 11.4 Å². The van der Waals surface area contributed by atoms with Crippen molar-refractivity contribution in [1.82, 2.24) is 0 Å². The summed E-state index contributed by atoms with van der Waals surface area (Å²) in [6, 6.07) is 15.8. The van der Waals surface area contributed by atoms with Gasteiger partial charge in [-0.15, -0.1) is 0 Å². The van der Waals surface area contributed by atoms with Crippen molar-refractivity contribution in [2.45, 2.75) is 25.7 Å². The van der Waals surface area contributed by atoms with Crippen LogP contribution in [0.2, 0.25) is 0 Å². The number of benzene rings is 2. The monoisotopic (exact) mass is 296 g/mol. The van der Waals surface area contributed by atoms with Crippen LogP contribution >= 0.6 is 0 Å². The molecule has 0 N–H and O–H groups in total. The summed E-state index contributed by atoms with van der Waals surface area (Å²) in [6.07, 6.45) is 2.07. The third kappa shape index (κ3) is 2.96. The SMILES string of the molecule is Cc1ccc(C2CCN(c3ccccc3[N+](=O)[O-])CC2)cc1. The van der Waals surface area contributed by atoms with Gasteiger partial charge in [-0.1, -0.05) is 42.0 Å². The van der Waals surface area contributed by atoms with Crippen molar-refractivity contribution in [2.24, 2.45) is 0 Å². The summed E-state index contributed by atoms with van der Waals surface area (Å²) in [4.78, 5) is 13.0. The van der Waals surface area contributed by atoms with E-state index in [1.54, 1.807) is 12.1 Å². The molecule has 1 heterocycles. The van der Waals surface area contributed by atoms with E-state index in [2.05, 4.69) is 36.1 Å². The van der Waals surface area contributed by atoms with Crippen LogP contribution in [0.3, 0.4) is 0 Å². The lowest BCUT2D eigenvalue weighted by Crippen LogP contribution is -2.33. The molecule has 0 atom stereocenters. The number of hydrogen-bond acceptors (Lipinski definition) is 3. The van der Waals surface area contributed by atoms with Crippen LogP contribution < -0.4 is 4.90 Å². The zero-order valence-electron chi connectivity index (χ0n) is 12.7. The summed E-state index contributed by atoms with van der Waals surface area (Å²) in [7, 11) is 0. The molecular formula is C18H20N2O2. The summed E-state index contributed by atoms with van der Waals surface area (Å²) in [5.74, 6) is 0.555. The normalized spacial score (nSPS) is 15.8. The highest BCUT2D eigenvalue weighted by Gasteiger charge is 2.25. The summed E-state index contributed by atoms with van der Waals surface area (Å²) in [5.41, 5.74) is 3.61. The number of piperidine rings is 1. The number of nitro benzene ring substituents is 1. The topological polar surface area (TPSA) is 46.4 Å². The highest BCUT2D eigenvalue weighted by atomic mass is 16.6. The fourth-order valence-electron chi connectivity index (χ4n) is 3.18. The number of rotatable bonds is 3. The van der Waals surface area contributed by atoms with Gasteiger partial charge in [0.05, 0.1) is 4.92 Å². The predicted molar refractivity (Wildman–Crippen MR) is 88.5 cm³/mol. The van der Waals surface area contributed by atoms with E-state index in [9.17, 15) is 10.1 Å². The van der Waals surface area contributed by atoms with Crippen LogP contribution in [0, 0.1) is 17.0 Å². The van der Waals surface area contributed by atoms with Gasteiger partial charge < -0.3 is 4.90 Å². The first kappa shape index (κ1) is 14.6. The van der Waals surface area contributed by atoms with E-state index in [1.165, 1.54) is 11.1 Å². The van der Waals surface area contributed by atoms with E-state index >= 15 is 0 Å². The molecule has 2 aromatic rings. The molecule has 0 saturated carbocycles. The number of nitrogens with zero attached hydrogens (tertiary/aromatic N) is 2. The molecule has 1 aliphatic rings. The zero-order chi connectivity index (χ0) is 15.5. The number of para-hydroxylation sites is 2. The quantitative estimate of drug-likeness (QED) is 0.627. The maximum atomic E-state index is 11.2. The number of aryl methyl sites for hydroxylation is 1. The van der Waals surface area contributed by atoms with Crippen molar-refractivity contribution in [2.75, 3.05) is 18.0 Å². The first-order valence-corrected chi connectivity index (χ1v) is 7.70. The van der Waals surface area contributed by atoms with Gasteiger partial charge in [0.2, 0.25) is 0 Å². The fourth-order valence-corrected chi connectivity index (χ4v) is 3.18. The number of nitro groups is 1. The van der Waals surface area contributed by atoms with E-state index in [4.69, 9.17) is 0 Å². The van der Waals surface area contributed by atoms with Crippen LogP contribution in [0.1, 0.15) is 29.9 Å². The lowest BCUT2D eigenvalue weighted by Gasteiger charge is -2.33. The van der Waals surface area contributed by atoms with Gasteiger partial charge in [0.15, 0.2) is 0 Å². The predicted octanol–water partition coefficient (Wildman–Crippen LogP) is 4.29. The van der Waals surface area contributed by atoms with E-state index in [0.717, 1.165) is 31.6 Å². The average Bonchev–Trinajstić information content (AvgIpc) is 2.56. The molecule has 0 aromatic heterocycles. The summed E-state index contributed by atoms with van der Waals surface area (Å²) in [5, 5.41) is 11.2. The summed E-state index contributed by atoms with van der Waals surface area (Å²) in [6.45, 7) is 3.83. The van der Waals surface area contributed by atoms with E-state index in [-0.39, 0.29) is 10.6 Å². The van der Waals surface area contributed by atoms with Crippen LogP contribution in [0.25, 0.3) is 0 Å². The van der Waals surface area contributed by atoms with Crippen molar-refractivity contribution < 1.29 is 4.92 Å². The lowest BCUT2D eigenvalue weighted by molar-refractivity contribution is -0.384. The van der Waals surface area contributed by atoms with Crippen LogP contribution in [-0.4, -0.2) is 18.0 Å². The zero-order valence-corrected chi connectivity index (χ0v) is 12.7. The molecule has 0 aliphatic carbocycles. The van der Waals surface area contributed by atoms with Gasteiger partial charge in [-0.3, -0.25) is 10.1 Å². The lowest BCUT2D eigenvalue weighted by atomic mass is 9.89. The van der Waals surface area contributed by atoms with E-state index < -0.39 is 0 Å². The summed E-state index contributed by atoms with van der Waals surface area (Å²) >= 11 is 0. The van der Waals surface area contributed by atoms with Gasteiger partial charge in [0.25, 0.3) is 5.69 Å². The third-order valence-corrected chi connectivity index (χ3v) is 4.46. The van der Waals surface area contributed by atoms with Crippen molar-refractivity contribution in [3.63, 3.8) is 0 Å². The highest BCUT2D eigenvalue weighted by Crippen LogP contribution is 2.34. The average molecular weight is 296 g/mol. The second-order valence-electron chi connectivity index (χ2n) is 5.92. The molecule has 3 rings (SSSR count). The molecule has 2 aromatic carbocycles. The number of hydrogen-bond donors (Lipinski definition) is 0. The minimum atomic E-state index is -0.290. The standard InChI is InChI=1S/C18H20N2O2/c1-14-6-8-15(9-7-14)16-10-12-19(13-11-16)17-4-2-3-5-18(17)20(21)22/h2-9,16H,10-13H2,1H3. The molecule has 1 aliphatic heterocycles. The minimum Gasteiger partial charge on any atom is -0.366 e. The molecular weight excluding hydrogens is 276 g/mol. The first-order valence-electron chi connectivity index (χ1n) is 7.70. The Morgan fingerprint density at radius 1 is 1.05 bits per heavy atom. The van der Waals surface area contributed by atoms with Crippen molar-refractivity contribution >= 4 is 11.4 Å².